The maximum Gasteiger partial charge on any atom is 0.229 e. The normalized spacial score (nSPS) is 26.8. The highest BCUT2D eigenvalue weighted by atomic mass is 32.1. The molecule has 4 nitrogen and oxygen atoms in total. The third-order valence-electron chi connectivity index (χ3n) is 2.04. The van der Waals surface area contributed by atoms with Gasteiger partial charge >= 0.3 is 0 Å². The van der Waals surface area contributed by atoms with Crippen LogP contribution in [0.15, 0.2) is 5.51 Å². The van der Waals surface area contributed by atoms with Gasteiger partial charge in [0, 0.05) is 5.92 Å². The molecule has 5 heteroatoms. The van der Waals surface area contributed by atoms with Crippen molar-refractivity contribution in [1.82, 2.24) is 10.2 Å². The molecule has 0 saturated heterocycles. The average molecular weight is 183 g/mol. The summed E-state index contributed by atoms with van der Waals surface area (Å²) in [5.74, 6) is 0.825. The number of carbonyl (C=O) groups is 1. The van der Waals surface area contributed by atoms with Crippen LogP contribution >= 0.6 is 11.3 Å². The maximum atomic E-state index is 11.3. The van der Waals surface area contributed by atoms with Crippen molar-refractivity contribution in [3.8, 4) is 0 Å². The Hall–Kier alpha value is -0.970. The molecule has 1 aliphatic rings. The van der Waals surface area contributed by atoms with Crippen molar-refractivity contribution in [3.05, 3.63) is 5.51 Å². The first-order valence-electron chi connectivity index (χ1n) is 3.84. The Morgan fingerprint density at radius 2 is 2.58 bits per heavy atom. The second-order valence-corrected chi connectivity index (χ2v) is 3.89. The highest BCUT2D eigenvalue weighted by Gasteiger charge is 2.39. The van der Waals surface area contributed by atoms with Gasteiger partial charge in [0.1, 0.15) is 5.51 Å². The predicted molar refractivity (Wildman–Crippen MR) is 45.8 cm³/mol. The number of amides is 1. The zero-order valence-corrected chi connectivity index (χ0v) is 7.47. The SMILES string of the molecule is CC1CC1C(=O)Nc1nncs1. The van der Waals surface area contributed by atoms with Crippen molar-refractivity contribution in [3.63, 3.8) is 0 Å². The van der Waals surface area contributed by atoms with E-state index in [9.17, 15) is 4.79 Å². The molecule has 1 fully saturated rings. The van der Waals surface area contributed by atoms with Gasteiger partial charge in [0.2, 0.25) is 11.0 Å². The van der Waals surface area contributed by atoms with Crippen LogP contribution in [0.3, 0.4) is 0 Å². The summed E-state index contributed by atoms with van der Waals surface area (Å²) in [6.45, 7) is 2.07. The summed E-state index contributed by atoms with van der Waals surface area (Å²) < 4.78 is 0. The summed E-state index contributed by atoms with van der Waals surface area (Å²) in [5, 5.41) is 10.7. The van der Waals surface area contributed by atoms with Gasteiger partial charge in [-0.15, -0.1) is 10.2 Å². The van der Waals surface area contributed by atoms with Crippen LogP contribution in [-0.4, -0.2) is 16.1 Å². The number of aromatic nitrogens is 2. The summed E-state index contributed by atoms with van der Waals surface area (Å²) in [7, 11) is 0. The minimum atomic E-state index is 0.0826. The number of nitrogens with zero attached hydrogens (tertiary/aromatic N) is 2. The molecule has 0 radical (unpaired) electrons. The minimum absolute atomic E-state index is 0.0826. The Morgan fingerprint density at radius 3 is 3.08 bits per heavy atom. The Morgan fingerprint density at radius 1 is 1.83 bits per heavy atom. The van der Waals surface area contributed by atoms with Crippen molar-refractivity contribution in [2.75, 3.05) is 5.32 Å². The summed E-state index contributed by atoms with van der Waals surface area (Å²) in [6.07, 6.45) is 1.00. The van der Waals surface area contributed by atoms with Crippen LogP contribution in [-0.2, 0) is 4.79 Å². The molecule has 0 bridgehead atoms. The van der Waals surface area contributed by atoms with Gasteiger partial charge in [0.25, 0.3) is 0 Å². The van der Waals surface area contributed by atoms with Gasteiger partial charge < -0.3 is 5.32 Å². The van der Waals surface area contributed by atoms with Crippen molar-refractivity contribution in [1.29, 1.82) is 0 Å². The first kappa shape index (κ1) is 7.67. The number of hydrogen-bond acceptors (Lipinski definition) is 4. The lowest BCUT2D eigenvalue weighted by Gasteiger charge is -1.96. The van der Waals surface area contributed by atoms with E-state index >= 15 is 0 Å². The van der Waals surface area contributed by atoms with E-state index in [2.05, 4.69) is 22.4 Å². The van der Waals surface area contributed by atoms with Gasteiger partial charge in [-0.25, -0.2) is 0 Å². The molecule has 64 valence electrons. The molecular formula is C7H9N3OS. The van der Waals surface area contributed by atoms with Crippen LogP contribution in [0, 0.1) is 11.8 Å². The van der Waals surface area contributed by atoms with Crippen LogP contribution in [0.4, 0.5) is 5.13 Å². The molecule has 1 aromatic heterocycles. The van der Waals surface area contributed by atoms with E-state index < -0.39 is 0 Å². The number of carbonyl (C=O) groups excluding carboxylic acids is 1. The van der Waals surface area contributed by atoms with E-state index in [1.165, 1.54) is 11.3 Å². The van der Waals surface area contributed by atoms with Crippen molar-refractivity contribution < 1.29 is 4.79 Å². The van der Waals surface area contributed by atoms with Crippen molar-refractivity contribution >= 4 is 22.4 Å². The molecule has 1 saturated carbocycles. The van der Waals surface area contributed by atoms with E-state index in [-0.39, 0.29) is 11.8 Å². The van der Waals surface area contributed by atoms with Crippen LogP contribution in [0.1, 0.15) is 13.3 Å². The van der Waals surface area contributed by atoms with Gasteiger partial charge in [-0.2, -0.15) is 0 Å². The molecule has 2 unspecified atom stereocenters. The zero-order valence-electron chi connectivity index (χ0n) is 6.65. The highest BCUT2D eigenvalue weighted by molar-refractivity contribution is 7.13. The lowest BCUT2D eigenvalue weighted by Crippen LogP contribution is -2.14. The van der Waals surface area contributed by atoms with E-state index in [1.807, 2.05) is 0 Å². The second-order valence-electron chi connectivity index (χ2n) is 3.05. The van der Waals surface area contributed by atoms with Gasteiger partial charge in [0.15, 0.2) is 0 Å². The van der Waals surface area contributed by atoms with E-state index in [4.69, 9.17) is 0 Å². The van der Waals surface area contributed by atoms with Crippen LogP contribution in [0.5, 0.6) is 0 Å². The highest BCUT2D eigenvalue weighted by Crippen LogP contribution is 2.38. The molecule has 1 aromatic rings. The quantitative estimate of drug-likeness (QED) is 0.747. The Kier molecular flexibility index (Phi) is 1.80. The average Bonchev–Trinajstić information content (AvgIpc) is 2.58. The molecule has 1 aliphatic carbocycles. The monoisotopic (exact) mass is 183 g/mol. The van der Waals surface area contributed by atoms with Crippen molar-refractivity contribution in [2.45, 2.75) is 13.3 Å². The molecule has 1 heterocycles. The number of nitrogens with one attached hydrogen (secondary N) is 1. The fourth-order valence-corrected chi connectivity index (χ4v) is 1.56. The van der Waals surface area contributed by atoms with Gasteiger partial charge in [0.05, 0.1) is 0 Å². The molecule has 0 aliphatic heterocycles. The Balaban J connectivity index is 1.92. The van der Waals surface area contributed by atoms with Gasteiger partial charge in [-0.3, -0.25) is 4.79 Å². The van der Waals surface area contributed by atoms with Crippen LogP contribution in [0.2, 0.25) is 0 Å². The fraction of sp³-hybridized carbons (Fsp3) is 0.571. The van der Waals surface area contributed by atoms with E-state index in [0.717, 1.165) is 6.42 Å². The summed E-state index contributed by atoms with van der Waals surface area (Å²) in [5.41, 5.74) is 1.60. The third kappa shape index (κ3) is 1.45. The Bertz CT molecular complexity index is 285. The molecule has 2 atom stereocenters. The lowest BCUT2D eigenvalue weighted by molar-refractivity contribution is -0.117. The van der Waals surface area contributed by atoms with Crippen LogP contribution < -0.4 is 5.32 Å². The summed E-state index contributed by atoms with van der Waals surface area (Å²) >= 11 is 1.34. The molecule has 0 spiro atoms. The summed E-state index contributed by atoms with van der Waals surface area (Å²) in [4.78, 5) is 11.3. The van der Waals surface area contributed by atoms with Crippen molar-refractivity contribution in [2.24, 2.45) is 11.8 Å². The first-order chi connectivity index (χ1) is 5.77. The smallest absolute Gasteiger partial charge is 0.229 e. The first-order valence-corrected chi connectivity index (χ1v) is 4.72. The minimum Gasteiger partial charge on any atom is -0.300 e. The largest absolute Gasteiger partial charge is 0.300 e. The van der Waals surface area contributed by atoms with E-state index in [0.29, 0.717) is 11.0 Å². The predicted octanol–water partition coefficient (Wildman–Crippen LogP) is 1.13. The molecular weight excluding hydrogens is 174 g/mol. The maximum absolute atomic E-state index is 11.3. The standard InChI is InChI=1S/C7H9N3OS/c1-4-2-5(4)6(11)9-7-10-8-3-12-7/h3-5H,2H2,1H3,(H,9,10,11). The summed E-state index contributed by atoms with van der Waals surface area (Å²) in [6, 6.07) is 0. The number of rotatable bonds is 2. The fourth-order valence-electron chi connectivity index (χ4n) is 1.11. The molecule has 1 N–H and O–H groups in total. The van der Waals surface area contributed by atoms with Gasteiger partial charge in [-0.1, -0.05) is 18.3 Å². The van der Waals surface area contributed by atoms with Crippen LogP contribution in [0.25, 0.3) is 0 Å². The molecule has 2 rings (SSSR count). The topological polar surface area (TPSA) is 54.9 Å². The molecule has 0 aromatic carbocycles. The number of anilines is 1. The molecule has 12 heavy (non-hydrogen) atoms. The van der Waals surface area contributed by atoms with Gasteiger partial charge in [-0.05, 0) is 12.3 Å². The zero-order chi connectivity index (χ0) is 8.55. The third-order valence-corrected chi connectivity index (χ3v) is 2.64. The lowest BCUT2D eigenvalue weighted by atomic mass is 10.3. The molecule has 1 amide bonds. The van der Waals surface area contributed by atoms with E-state index in [1.54, 1.807) is 5.51 Å². The Labute approximate surface area is 74.0 Å². The second kappa shape index (κ2) is 2.82. The number of hydrogen-bond donors (Lipinski definition) is 1.